The van der Waals surface area contributed by atoms with E-state index in [1.54, 1.807) is 0 Å². The molecule has 0 spiro atoms. The fraction of sp³-hybridized carbons (Fsp3) is 0.889. The summed E-state index contributed by atoms with van der Waals surface area (Å²) in [6, 6.07) is 0.101. The highest BCUT2D eigenvalue weighted by Gasteiger charge is 2.18. The van der Waals surface area contributed by atoms with E-state index in [4.69, 9.17) is 0 Å². The molecule has 1 aliphatic heterocycles. The maximum absolute atomic E-state index is 11.3. The predicted molar refractivity (Wildman–Crippen MR) is 51.2 cm³/mol. The average molecular weight is 172 g/mol. The van der Waals surface area contributed by atoms with Gasteiger partial charge in [0.1, 0.15) is 0 Å². The first-order valence-electron chi connectivity index (χ1n) is 4.76. The Morgan fingerprint density at radius 1 is 1.58 bits per heavy atom. The van der Waals surface area contributed by atoms with Crippen molar-refractivity contribution in [3.8, 4) is 0 Å². The molecule has 0 aromatic carbocycles. The molecule has 0 atom stereocenters. The largest absolute Gasteiger partial charge is 0.338 e. The number of carbonyl (C=O) groups excluding carboxylic acids is 1. The Labute approximate surface area is 75.6 Å². The molecule has 12 heavy (non-hydrogen) atoms. The van der Waals surface area contributed by atoms with Gasteiger partial charge in [-0.05, 0) is 25.7 Å². The fourth-order valence-electron chi connectivity index (χ4n) is 1.47. The summed E-state index contributed by atoms with van der Waals surface area (Å²) in [4.78, 5) is 13.2. The topological polar surface area (TPSA) is 32.3 Å². The number of hydrogen-bond donors (Lipinski definition) is 1. The summed E-state index contributed by atoms with van der Waals surface area (Å²) in [6.07, 6.45) is 2.30. The van der Waals surface area contributed by atoms with E-state index in [2.05, 4.69) is 12.2 Å². The van der Waals surface area contributed by atoms with Crippen LogP contribution in [0.25, 0.3) is 0 Å². The van der Waals surface area contributed by atoms with Gasteiger partial charge in [-0.2, -0.15) is 0 Å². The fourth-order valence-corrected chi connectivity index (χ4v) is 1.47. The summed E-state index contributed by atoms with van der Waals surface area (Å²) in [6.45, 7) is 6.77. The van der Waals surface area contributed by atoms with Crippen molar-refractivity contribution in [1.82, 2.24) is 10.2 Å². The molecule has 0 saturated carbocycles. The van der Waals surface area contributed by atoms with Crippen LogP contribution in [0, 0.1) is 5.92 Å². The molecule has 1 fully saturated rings. The lowest BCUT2D eigenvalue weighted by atomic mass is 10.00. The van der Waals surface area contributed by atoms with Crippen molar-refractivity contribution >= 4 is 6.03 Å². The smallest absolute Gasteiger partial charge is 0.317 e. The zero-order valence-corrected chi connectivity index (χ0v) is 7.97. The van der Waals surface area contributed by atoms with E-state index in [0.717, 1.165) is 38.4 Å². The zero-order chi connectivity index (χ0) is 8.97. The molecule has 2 amide bonds. The van der Waals surface area contributed by atoms with Crippen molar-refractivity contribution < 1.29 is 6.22 Å². The summed E-state index contributed by atoms with van der Waals surface area (Å²) in [7, 11) is 0. The van der Waals surface area contributed by atoms with Gasteiger partial charge in [-0.3, -0.25) is 0 Å². The Hall–Kier alpha value is -0.730. The summed E-state index contributed by atoms with van der Waals surface area (Å²) < 4.78 is 0. The molecule has 72 valence electrons. The average Bonchev–Trinajstić information content (AvgIpc) is 2.06. The number of urea groups is 1. The van der Waals surface area contributed by atoms with Gasteiger partial charge in [0.2, 0.25) is 0 Å². The first-order valence-corrected chi connectivity index (χ1v) is 4.76. The van der Waals surface area contributed by atoms with Crippen LogP contribution in [0.3, 0.4) is 0 Å². The minimum atomic E-state index is 0. The van der Waals surface area contributed by atoms with Crippen LogP contribution in [0.5, 0.6) is 0 Å². The minimum Gasteiger partial charge on any atom is -0.338 e. The number of carbonyl (C=O) groups is 1. The molecule has 3 nitrogen and oxygen atoms in total. The lowest BCUT2D eigenvalue weighted by Gasteiger charge is -2.30. The first-order chi connectivity index (χ1) is 5.74. The highest BCUT2D eigenvalue weighted by atomic mass is 16.2. The van der Waals surface area contributed by atoms with Crippen LogP contribution in [0.2, 0.25) is 0 Å². The second-order valence-corrected chi connectivity index (χ2v) is 3.51. The van der Waals surface area contributed by atoms with Gasteiger partial charge in [0.05, 0.1) is 0 Å². The van der Waals surface area contributed by atoms with E-state index in [9.17, 15) is 4.79 Å². The molecular formula is C9H20N2O. The highest BCUT2D eigenvalue weighted by molar-refractivity contribution is 5.74. The number of nitrogens with zero attached hydrogens (tertiary/aromatic N) is 1. The van der Waals surface area contributed by atoms with Gasteiger partial charge in [0, 0.05) is 21.1 Å². The maximum atomic E-state index is 11.3. The van der Waals surface area contributed by atoms with Gasteiger partial charge >= 0.3 is 6.03 Å². The molecule has 3 heteroatoms. The van der Waals surface area contributed by atoms with Crippen molar-refractivity contribution in [2.75, 3.05) is 19.6 Å². The van der Waals surface area contributed by atoms with E-state index in [1.165, 1.54) is 0 Å². The molecule has 1 rings (SSSR count). The zero-order valence-electron chi connectivity index (χ0n) is 7.97. The van der Waals surface area contributed by atoms with E-state index < -0.39 is 0 Å². The molecule has 1 saturated heterocycles. The lowest BCUT2D eigenvalue weighted by Crippen LogP contribution is -2.44. The van der Waals surface area contributed by atoms with Crippen LogP contribution in [-0.4, -0.2) is 30.6 Å². The van der Waals surface area contributed by atoms with Crippen LogP contribution in [0.15, 0.2) is 0 Å². The molecule has 1 heterocycles. The second-order valence-electron chi connectivity index (χ2n) is 3.51. The van der Waals surface area contributed by atoms with Crippen molar-refractivity contribution in [1.29, 1.82) is 0 Å². The summed E-state index contributed by atoms with van der Waals surface area (Å²) in [5.41, 5.74) is 0. The maximum Gasteiger partial charge on any atom is 0.317 e. The van der Waals surface area contributed by atoms with E-state index in [-0.39, 0.29) is 7.46 Å². The van der Waals surface area contributed by atoms with Gasteiger partial charge in [0.25, 0.3) is 0 Å². The summed E-state index contributed by atoms with van der Waals surface area (Å²) >= 11 is 0. The number of amides is 2. The molecule has 1 aliphatic rings. The molecule has 0 bridgehead atoms. The monoisotopic (exact) mass is 172 g/mol. The predicted octanol–water partition coefficient (Wildman–Crippen LogP) is 1.69. The van der Waals surface area contributed by atoms with Gasteiger partial charge in [0.15, 0.2) is 0 Å². The molecular weight excluding hydrogens is 152 g/mol. The third kappa shape index (κ3) is 2.40. The highest BCUT2D eigenvalue weighted by Crippen LogP contribution is 2.15. The van der Waals surface area contributed by atoms with Crippen molar-refractivity contribution in [2.45, 2.75) is 26.7 Å². The Kier molecular flexibility index (Phi) is 3.38. The Morgan fingerprint density at radius 3 is 2.67 bits per heavy atom. The Bertz CT molecular complexity index is 156. The molecule has 1 N–H and O–H groups in total. The number of hydrogen-bond acceptors (Lipinski definition) is 1. The molecule has 0 radical (unpaired) electrons. The number of piperidine rings is 1. The van der Waals surface area contributed by atoms with Crippen LogP contribution >= 0.6 is 0 Å². The van der Waals surface area contributed by atoms with E-state index in [0.29, 0.717) is 0 Å². The third-order valence-corrected chi connectivity index (χ3v) is 2.40. The Balaban J connectivity index is 0.00000144. The lowest BCUT2D eigenvalue weighted by molar-refractivity contribution is 0.174. The van der Waals surface area contributed by atoms with Gasteiger partial charge < -0.3 is 10.2 Å². The normalized spacial score (nSPS) is 19.3. The van der Waals surface area contributed by atoms with Gasteiger partial charge in [-0.25, -0.2) is 4.79 Å². The number of likely N-dealkylation sites (tertiary alicyclic amines) is 1. The van der Waals surface area contributed by atoms with E-state index >= 15 is 0 Å². The van der Waals surface area contributed by atoms with Crippen molar-refractivity contribution in [3.05, 3.63) is 0 Å². The molecule has 0 aliphatic carbocycles. The van der Waals surface area contributed by atoms with Gasteiger partial charge in [-0.1, -0.05) is 6.92 Å². The Morgan fingerprint density at radius 2 is 2.17 bits per heavy atom. The van der Waals surface area contributed by atoms with E-state index in [1.807, 2.05) is 11.8 Å². The summed E-state index contributed by atoms with van der Waals surface area (Å²) in [5, 5.41) is 2.82. The third-order valence-electron chi connectivity index (χ3n) is 2.40. The molecule has 0 aromatic rings. The number of nitrogens with one attached hydrogen (secondary N) is 1. The first kappa shape index (κ1) is 9.36. The van der Waals surface area contributed by atoms with Crippen molar-refractivity contribution in [2.24, 2.45) is 5.92 Å². The van der Waals surface area contributed by atoms with Crippen LogP contribution in [0.4, 0.5) is 4.79 Å². The van der Waals surface area contributed by atoms with Crippen molar-refractivity contribution in [3.63, 3.8) is 0 Å². The van der Waals surface area contributed by atoms with Gasteiger partial charge in [-0.15, -0.1) is 0 Å². The van der Waals surface area contributed by atoms with Crippen LogP contribution in [0.1, 0.15) is 28.1 Å². The van der Waals surface area contributed by atoms with Crippen LogP contribution in [-0.2, 0) is 0 Å². The number of rotatable bonds is 1. The van der Waals surface area contributed by atoms with Crippen LogP contribution < -0.4 is 5.32 Å². The quantitative estimate of drug-likeness (QED) is 0.641. The summed E-state index contributed by atoms with van der Waals surface area (Å²) in [5.74, 6) is 0.788. The second kappa shape index (κ2) is 4.33. The minimum absolute atomic E-state index is 0. The SMILES string of the molecule is CCNC(=O)N1CCC(C)CC1.[HH]. The molecule has 0 aromatic heterocycles. The molecule has 0 unspecified atom stereocenters. The standard InChI is InChI=1S/C9H18N2O.H2/c1-3-10-9(12)11-6-4-8(2)5-7-11;/h8H,3-7H2,1-2H3,(H,10,12);1H.